The third-order valence-electron chi connectivity index (χ3n) is 2.79. The molecule has 1 heterocycles. The number of benzene rings is 1. The second-order valence-electron chi connectivity index (χ2n) is 4.10. The Morgan fingerprint density at radius 3 is 2.50 bits per heavy atom. The van der Waals surface area contributed by atoms with E-state index in [-0.39, 0.29) is 5.91 Å². The van der Waals surface area contributed by atoms with Crippen LogP contribution in [0.15, 0.2) is 29.4 Å². The van der Waals surface area contributed by atoms with Crippen LogP contribution < -0.4 is 0 Å². The zero-order valence-electron chi connectivity index (χ0n) is 9.49. The van der Waals surface area contributed by atoms with Gasteiger partial charge in [-0.3, -0.25) is 4.79 Å². The molecule has 1 aromatic carbocycles. The largest absolute Gasteiger partial charge is 0.271 e. The van der Waals surface area contributed by atoms with Gasteiger partial charge < -0.3 is 0 Å². The van der Waals surface area contributed by atoms with Crippen molar-refractivity contribution in [3.8, 4) is 0 Å². The molecular weight excluding hydrogens is 268 g/mol. The highest BCUT2D eigenvalue weighted by Gasteiger charge is 2.44. The van der Waals surface area contributed by atoms with E-state index in [4.69, 9.17) is 0 Å². The van der Waals surface area contributed by atoms with Gasteiger partial charge in [0.15, 0.2) is 0 Å². The van der Waals surface area contributed by atoms with Gasteiger partial charge in [0.2, 0.25) is 0 Å². The molecular formula is C12H13BrN2O. The first kappa shape index (κ1) is 11.3. The number of carbonyl (C=O) groups excluding carboxylic acids is 1. The molecule has 0 bridgehead atoms. The highest BCUT2D eigenvalue weighted by molar-refractivity contribution is 9.10. The lowest BCUT2D eigenvalue weighted by atomic mass is 9.95. The summed E-state index contributed by atoms with van der Waals surface area (Å²) < 4.78 is -0.714. The molecule has 0 saturated heterocycles. The maximum Gasteiger partial charge on any atom is 0.265 e. The van der Waals surface area contributed by atoms with Gasteiger partial charge >= 0.3 is 0 Å². The van der Waals surface area contributed by atoms with Crippen LogP contribution in [0.4, 0.5) is 0 Å². The minimum absolute atomic E-state index is 0.0363. The molecule has 0 spiro atoms. The summed E-state index contributed by atoms with van der Waals surface area (Å²) in [4.78, 5) is 11.9. The average molecular weight is 281 g/mol. The zero-order chi connectivity index (χ0) is 11.9. The minimum Gasteiger partial charge on any atom is -0.271 e. The molecule has 0 aromatic heterocycles. The van der Waals surface area contributed by atoms with Gasteiger partial charge in [-0.1, -0.05) is 40.2 Å². The van der Waals surface area contributed by atoms with Gasteiger partial charge in [0.05, 0.1) is 5.71 Å². The molecule has 4 heteroatoms. The van der Waals surface area contributed by atoms with Gasteiger partial charge in [-0.15, -0.1) is 0 Å². The van der Waals surface area contributed by atoms with Crippen LogP contribution >= 0.6 is 15.9 Å². The molecule has 1 aliphatic rings. The number of alkyl halides is 1. The van der Waals surface area contributed by atoms with Crippen molar-refractivity contribution in [2.45, 2.75) is 18.2 Å². The minimum atomic E-state index is -0.714. The third-order valence-corrected chi connectivity index (χ3v) is 3.51. The number of hydrazone groups is 1. The molecule has 1 amide bonds. The van der Waals surface area contributed by atoms with E-state index in [0.717, 1.165) is 16.8 Å². The first-order valence-corrected chi connectivity index (χ1v) is 5.86. The van der Waals surface area contributed by atoms with E-state index in [0.29, 0.717) is 0 Å². The predicted molar refractivity (Wildman–Crippen MR) is 67.8 cm³/mol. The average Bonchev–Trinajstić information content (AvgIpc) is 2.43. The second kappa shape index (κ2) is 3.70. The van der Waals surface area contributed by atoms with Crippen molar-refractivity contribution in [3.05, 3.63) is 35.4 Å². The van der Waals surface area contributed by atoms with Crippen LogP contribution in [0.5, 0.6) is 0 Å². The lowest BCUT2D eigenvalue weighted by Gasteiger charge is -2.17. The molecule has 16 heavy (non-hydrogen) atoms. The van der Waals surface area contributed by atoms with E-state index in [1.807, 2.05) is 38.1 Å². The number of rotatable bonds is 1. The molecule has 3 nitrogen and oxygen atoms in total. The summed E-state index contributed by atoms with van der Waals surface area (Å²) in [5, 5.41) is 5.69. The SMILES string of the molecule is Cc1ccccc1C1=NN(C)C(=O)C1(C)Br. The topological polar surface area (TPSA) is 32.7 Å². The predicted octanol–water partition coefficient (Wildman–Crippen LogP) is 2.32. The highest BCUT2D eigenvalue weighted by atomic mass is 79.9. The summed E-state index contributed by atoms with van der Waals surface area (Å²) in [6.07, 6.45) is 0. The van der Waals surface area contributed by atoms with Crippen molar-refractivity contribution in [3.63, 3.8) is 0 Å². The van der Waals surface area contributed by atoms with E-state index < -0.39 is 4.32 Å². The molecule has 1 unspecified atom stereocenters. The number of carbonyl (C=O) groups is 1. The van der Waals surface area contributed by atoms with Crippen LogP contribution in [0.25, 0.3) is 0 Å². The molecule has 1 atom stereocenters. The summed E-state index contributed by atoms with van der Waals surface area (Å²) >= 11 is 3.46. The van der Waals surface area contributed by atoms with Crippen molar-refractivity contribution in [2.24, 2.45) is 5.10 Å². The molecule has 0 radical (unpaired) electrons. The Kier molecular flexibility index (Phi) is 2.62. The van der Waals surface area contributed by atoms with Crippen molar-refractivity contribution in [2.75, 3.05) is 7.05 Å². The Balaban J connectivity index is 2.55. The van der Waals surface area contributed by atoms with Gasteiger partial charge in [-0.2, -0.15) is 5.10 Å². The molecule has 2 rings (SSSR count). The van der Waals surface area contributed by atoms with Crippen molar-refractivity contribution < 1.29 is 4.79 Å². The van der Waals surface area contributed by atoms with Crippen molar-refractivity contribution in [1.82, 2.24) is 5.01 Å². The van der Waals surface area contributed by atoms with Crippen LogP contribution in [0.2, 0.25) is 0 Å². The smallest absolute Gasteiger partial charge is 0.265 e. The van der Waals surface area contributed by atoms with Gasteiger partial charge in [0.1, 0.15) is 4.32 Å². The molecule has 84 valence electrons. The maximum atomic E-state index is 11.9. The molecule has 1 aliphatic heterocycles. The van der Waals surface area contributed by atoms with Crippen LogP contribution in [0.3, 0.4) is 0 Å². The number of nitrogens with zero attached hydrogens (tertiary/aromatic N) is 2. The Labute approximate surface area is 103 Å². The number of halogens is 1. The first-order valence-electron chi connectivity index (χ1n) is 5.06. The fourth-order valence-electron chi connectivity index (χ4n) is 1.84. The molecule has 0 aliphatic carbocycles. The number of aryl methyl sites for hydroxylation is 1. The fourth-order valence-corrected chi connectivity index (χ4v) is 2.39. The molecule has 1 aromatic rings. The summed E-state index contributed by atoms with van der Waals surface area (Å²) in [7, 11) is 1.67. The lowest BCUT2D eigenvalue weighted by molar-refractivity contribution is -0.128. The Morgan fingerprint density at radius 1 is 1.38 bits per heavy atom. The second-order valence-corrected chi connectivity index (χ2v) is 5.68. The zero-order valence-corrected chi connectivity index (χ0v) is 11.1. The molecule has 0 N–H and O–H groups in total. The van der Waals surface area contributed by atoms with E-state index in [1.54, 1.807) is 7.05 Å². The monoisotopic (exact) mass is 280 g/mol. The summed E-state index contributed by atoms with van der Waals surface area (Å²) in [6.45, 7) is 3.85. The summed E-state index contributed by atoms with van der Waals surface area (Å²) in [5.74, 6) is -0.0363. The van der Waals surface area contributed by atoms with Gasteiger partial charge in [-0.05, 0) is 19.4 Å². The van der Waals surface area contributed by atoms with Crippen LogP contribution in [0, 0.1) is 6.92 Å². The van der Waals surface area contributed by atoms with E-state index in [9.17, 15) is 4.79 Å². The number of hydrogen-bond donors (Lipinski definition) is 0. The quantitative estimate of drug-likeness (QED) is 0.727. The van der Waals surface area contributed by atoms with Crippen molar-refractivity contribution >= 4 is 27.5 Å². The highest BCUT2D eigenvalue weighted by Crippen LogP contribution is 2.32. The fraction of sp³-hybridized carbons (Fsp3) is 0.333. The summed E-state index contributed by atoms with van der Waals surface area (Å²) in [5.41, 5.74) is 2.91. The Bertz CT molecular complexity index is 480. The van der Waals surface area contributed by atoms with Crippen LogP contribution in [-0.4, -0.2) is 28.0 Å². The lowest BCUT2D eigenvalue weighted by Crippen LogP contribution is -2.37. The maximum absolute atomic E-state index is 11.9. The van der Waals surface area contributed by atoms with Crippen LogP contribution in [-0.2, 0) is 4.79 Å². The molecule has 0 saturated carbocycles. The van der Waals surface area contributed by atoms with Gasteiger partial charge in [0, 0.05) is 12.6 Å². The van der Waals surface area contributed by atoms with E-state index >= 15 is 0 Å². The van der Waals surface area contributed by atoms with Crippen LogP contribution in [0.1, 0.15) is 18.1 Å². The van der Waals surface area contributed by atoms with Gasteiger partial charge in [-0.25, -0.2) is 5.01 Å². The third kappa shape index (κ3) is 1.57. The van der Waals surface area contributed by atoms with E-state index in [2.05, 4.69) is 21.0 Å². The Morgan fingerprint density at radius 2 is 2.00 bits per heavy atom. The number of hydrogen-bond acceptors (Lipinski definition) is 2. The van der Waals surface area contributed by atoms with Crippen molar-refractivity contribution in [1.29, 1.82) is 0 Å². The van der Waals surface area contributed by atoms with E-state index in [1.165, 1.54) is 5.01 Å². The standard InChI is InChI=1S/C12H13BrN2O/c1-8-6-4-5-7-9(8)10-12(2,13)11(16)15(3)14-10/h4-7H,1-3H3. The normalized spacial score (nSPS) is 24.9. The van der Waals surface area contributed by atoms with Gasteiger partial charge in [0.25, 0.3) is 5.91 Å². The Hall–Kier alpha value is -1.16. The molecule has 0 fully saturated rings. The first-order chi connectivity index (χ1) is 7.44. The summed E-state index contributed by atoms with van der Waals surface area (Å²) in [6, 6.07) is 7.94. The number of amides is 1.